The molecule has 1 aromatic carbocycles. The molecule has 0 amide bonds. The Morgan fingerprint density at radius 2 is 2.12 bits per heavy atom. The number of phenols is 1. The van der Waals surface area contributed by atoms with Gasteiger partial charge in [0.2, 0.25) is 0 Å². The normalized spacial score (nSPS) is 19.2. The molecule has 94 valence electrons. The molecule has 1 aromatic rings. The van der Waals surface area contributed by atoms with Gasteiger partial charge in [0.25, 0.3) is 0 Å². The molecule has 0 unspecified atom stereocenters. The van der Waals surface area contributed by atoms with Crippen LogP contribution in [0.2, 0.25) is 0 Å². The van der Waals surface area contributed by atoms with E-state index in [1.54, 1.807) is 18.2 Å². The number of phenolic OH excluding ortho intramolecular Hbond substituents is 1. The number of nitrogens with zero attached hydrogens (tertiary/aromatic N) is 1. The molecule has 17 heavy (non-hydrogen) atoms. The summed E-state index contributed by atoms with van der Waals surface area (Å²) in [7, 11) is 0. The van der Waals surface area contributed by atoms with Gasteiger partial charge >= 0.3 is 0 Å². The van der Waals surface area contributed by atoms with E-state index >= 15 is 0 Å². The van der Waals surface area contributed by atoms with Crippen LogP contribution < -0.4 is 5.32 Å². The lowest BCUT2D eigenvalue weighted by Crippen LogP contribution is -2.45. The predicted molar refractivity (Wildman–Crippen MR) is 69.0 cm³/mol. The van der Waals surface area contributed by atoms with E-state index in [1.165, 1.54) is 0 Å². The van der Waals surface area contributed by atoms with E-state index in [1.807, 2.05) is 0 Å². The lowest BCUT2D eigenvalue weighted by atomic mass is 10.0. The molecule has 1 fully saturated rings. The number of alkyl halides is 1. The number of aromatic hydroxyl groups is 1. The molecule has 0 spiro atoms. The Kier molecular flexibility index (Phi) is 4.36. The van der Waals surface area contributed by atoms with Crippen molar-refractivity contribution in [2.75, 3.05) is 32.9 Å². The molecule has 1 aliphatic rings. The Labute approximate surface area is 109 Å². The highest BCUT2D eigenvalue weighted by atomic mass is 79.9. The first-order valence-electron chi connectivity index (χ1n) is 5.71. The highest BCUT2D eigenvalue weighted by molar-refractivity contribution is 9.10. The van der Waals surface area contributed by atoms with Crippen LogP contribution in [0, 0.1) is 0 Å². The molecule has 2 N–H and O–H groups in total. The van der Waals surface area contributed by atoms with Crippen LogP contribution >= 0.6 is 15.9 Å². The minimum atomic E-state index is -0.482. The van der Waals surface area contributed by atoms with Crippen molar-refractivity contribution < 1.29 is 9.50 Å². The Balaban J connectivity index is 2.24. The van der Waals surface area contributed by atoms with Crippen molar-refractivity contribution in [3.8, 4) is 5.75 Å². The largest absolute Gasteiger partial charge is 0.508 e. The van der Waals surface area contributed by atoms with E-state index in [0.29, 0.717) is 5.56 Å². The summed E-state index contributed by atoms with van der Waals surface area (Å²) in [6, 6.07) is 4.80. The van der Waals surface area contributed by atoms with Gasteiger partial charge in [0, 0.05) is 36.2 Å². The van der Waals surface area contributed by atoms with Crippen molar-refractivity contribution >= 4 is 15.9 Å². The maximum absolute atomic E-state index is 13.3. The lowest BCUT2D eigenvalue weighted by molar-refractivity contribution is 0.145. The predicted octanol–water partition coefficient (Wildman–Crippen LogP) is 2.07. The van der Waals surface area contributed by atoms with Gasteiger partial charge in [-0.1, -0.05) is 15.9 Å². The van der Waals surface area contributed by atoms with Crippen LogP contribution in [-0.4, -0.2) is 42.9 Å². The molecule has 0 radical (unpaired) electrons. The van der Waals surface area contributed by atoms with Gasteiger partial charge in [0.05, 0.1) is 6.04 Å². The van der Waals surface area contributed by atoms with Gasteiger partial charge in [-0.15, -0.1) is 0 Å². The first-order chi connectivity index (χ1) is 8.22. The average Bonchev–Trinajstić information content (AvgIpc) is 2.36. The smallest absolute Gasteiger partial charge is 0.120 e. The minimum absolute atomic E-state index is 0.161. The van der Waals surface area contributed by atoms with Crippen LogP contribution in [0.25, 0.3) is 0 Å². The summed E-state index contributed by atoms with van der Waals surface area (Å²) in [6.45, 7) is 2.86. The molecule has 1 atom stereocenters. The van der Waals surface area contributed by atoms with Crippen molar-refractivity contribution in [2.24, 2.45) is 0 Å². The first-order valence-corrected chi connectivity index (χ1v) is 6.51. The minimum Gasteiger partial charge on any atom is -0.508 e. The fourth-order valence-corrected chi connectivity index (χ4v) is 2.54. The van der Waals surface area contributed by atoms with Gasteiger partial charge in [0.1, 0.15) is 12.4 Å². The number of nitrogens with one attached hydrogen (secondary N) is 1. The van der Waals surface area contributed by atoms with E-state index in [-0.39, 0.29) is 11.8 Å². The molecule has 1 heterocycles. The van der Waals surface area contributed by atoms with Gasteiger partial charge in [-0.3, -0.25) is 4.90 Å². The third-order valence-corrected chi connectivity index (χ3v) is 3.58. The SMILES string of the molecule is Oc1ccc(Br)cc1[C@H](CF)N1CCNCC1. The van der Waals surface area contributed by atoms with E-state index < -0.39 is 6.67 Å². The highest BCUT2D eigenvalue weighted by Crippen LogP contribution is 2.31. The zero-order valence-corrected chi connectivity index (χ0v) is 11.1. The number of halogens is 2. The molecule has 5 heteroatoms. The zero-order chi connectivity index (χ0) is 12.3. The van der Waals surface area contributed by atoms with E-state index in [0.717, 1.165) is 30.7 Å². The second-order valence-corrected chi connectivity index (χ2v) is 5.07. The topological polar surface area (TPSA) is 35.5 Å². The molecule has 1 saturated heterocycles. The van der Waals surface area contributed by atoms with Crippen LogP contribution in [0.3, 0.4) is 0 Å². The van der Waals surface area contributed by atoms with Crippen molar-refractivity contribution in [1.82, 2.24) is 10.2 Å². The van der Waals surface area contributed by atoms with Crippen molar-refractivity contribution in [3.05, 3.63) is 28.2 Å². The lowest BCUT2D eigenvalue weighted by Gasteiger charge is -2.33. The third-order valence-electron chi connectivity index (χ3n) is 3.09. The number of piperazine rings is 1. The van der Waals surface area contributed by atoms with E-state index in [9.17, 15) is 9.50 Å². The standard InChI is InChI=1S/C12H16BrFN2O/c13-9-1-2-12(17)10(7-9)11(8-14)16-5-3-15-4-6-16/h1-2,7,11,15,17H,3-6,8H2/t11-/m0/s1. The van der Waals surface area contributed by atoms with Crippen LogP contribution in [-0.2, 0) is 0 Å². The molecule has 0 aromatic heterocycles. The molecule has 0 aliphatic carbocycles. The number of hydrogen-bond acceptors (Lipinski definition) is 3. The molecule has 0 bridgehead atoms. The van der Waals surface area contributed by atoms with Gasteiger partial charge in [-0.25, -0.2) is 4.39 Å². The Morgan fingerprint density at radius 3 is 2.76 bits per heavy atom. The fraction of sp³-hybridized carbons (Fsp3) is 0.500. The number of rotatable bonds is 3. The quantitative estimate of drug-likeness (QED) is 0.897. The molecule has 0 saturated carbocycles. The Bertz CT molecular complexity index is 383. The third kappa shape index (κ3) is 2.97. The maximum atomic E-state index is 13.3. The van der Waals surface area contributed by atoms with Crippen molar-refractivity contribution in [2.45, 2.75) is 6.04 Å². The van der Waals surface area contributed by atoms with Crippen LogP contribution in [0.5, 0.6) is 5.75 Å². The summed E-state index contributed by atoms with van der Waals surface area (Å²) in [6.07, 6.45) is 0. The summed E-state index contributed by atoms with van der Waals surface area (Å²) in [5.74, 6) is 0.161. The van der Waals surface area contributed by atoms with E-state index in [2.05, 4.69) is 26.1 Å². The molecule has 3 nitrogen and oxygen atoms in total. The molecular weight excluding hydrogens is 287 g/mol. The summed E-state index contributed by atoms with van der Waals surface area (Å²) < 4.78 is 14.1. The molecule has 2 rings (SSSR count). The van der Waals surface area contributed by atoms with Gasteiger partial charge in [0.15, 0.2) is 0 Å². The van der Waals surface area contributed by atoms with Gasteiger partial charge in [-0.2, -0.15) is 0 Å². The molecule has 1 aliphatic heterocycles. The molecular formula is C12H16BrFN2O. The summed E-state index contributed by atoms with van der Waals surface area (Å²) in [5.41, 5.74) is 0.656. The summed E-state index contributed by atoms with van der Waals surface area (Å²) in [4.78, 5) is 2.07. The first kappa shape index (κ1) is 12.8. The highest BCUT2D eigenvalue weighted by Gasteiger charge is 2.24. The van der Waals surface area contributed by atoms with Gasteiger partial charge in [-0.05, 0) is 18.2 Å². The number of hydrogen-bond donors (Lipinski definition) is 2. The van der Waals surface area contributed by atoms with Crippen molar-refractivity contribution in [3.63, 3.8) is 0 Å². The fourth-order valence-electron chi connectivity index (χ4n) is 2.16. The zero-order valence-electron chi connectivity index (χ0n) is 9.50. The number of benzene rings is 1. The monoisotopic (exact) mass is 302 g/mol. The Hall–Kier alpha value is -0.650. The summed E-state index contributed by atoms with van der Waals surface area (Å²) >= 11 is 3.35. The Morgan fingerprint density at radius 1 is 1.41 bits per heavy atom. The summed E-state index contributed by atoms with van der Waals surface area (Å²) in [5, 5.41) is 13.1. The average molecular weight is 303 g/mol. The van der Waals surface area contributed by atoms with Crippen LogP contribution in [0.4, 0.5) is 4.39 Å². The second kappa shape index (κ2) is 5.80. The van der Waals surface area contributed by atoms with E-state index in [4.69, 9.17) is 0 Å². The second-order valence-electron chi connectivity index (χ2n) is 4.16. The van der Waals surface area contributed by atoms with Crippen LogP contribution in [0.15, 0.2) is 22.7 Å². The van der Waals surface area contributed by atoms with Gasteiger partial charge < -0.3 is 10.4 Å². The maximum Gasteiger partial charge on any atom is 0.120 e. The van der Waals surface area contributed by atoms with Crippen molar-refractivity contribution in [1.29, 1.82) is 0 Å². The van der Waals surface area contributed by atoms with Crippen LogP contribution in [0.1, 0.15) is 11.6 Å².